The molecule has 33 heavy (non-hydrogen) atoms. The zero-order valence-electron chi connectivity index (χ0n) is 18.2. The van der Waals surface area contributed by atoms with E-state index in [1.807, 2.05) is 49.7 Å². The molecule has 2 heterocycles. The lowest BCUT2D eigenvalue weighted by atomic mass is 10.1. The molecule has 170 valence electrons. The van der Waals surface area contributed by atoms with Crippen LogP contribution in [0.1, 0.15) is 38.6 Å². The standard InChI is InChI=1S/C24H21F3N4OS/c1-14-6-4-5-7-21(14)31-16(3)19(15(2)30-31)12-28-22(32)20-13-33-23(29-20)17-8-10-18(11-9-17)24(25,26)27/h4-11,13H,12H2,1-3H3,(H,28,32). The van der Waals surface area contributed by atoms with Crippen LogP contribution in [0.3, 0.4) is 0 Å². The molecule has 0 radical (unpaired) electrons. The van der Waals surface area contributed by atoms with Gasteiger partial charge in [-0.15, -0.1) is 11.3 Å². The Kier molecular flexibility index (Phi) is 6.07. The molecule has 0 unspecified atom stereocenters. The van der Waals surface area contributed by atoms with E-state index in [1.165, 1.54) is 23.5 Å². The highest BCUT2D eigenvalue weighted by atomic mass is 32.1. The lowest BCUT2D eigenvalue weighted by Gasteiger charge is -2.09. The van der Waals surface area contributed by atoms with Crippen molar-refractivity contribution in [3.8, 4) is 16.3 Å². The van der Waals surface area contributed by atoms with Gasteiger partial charge in [-0.25, -0.2) is 9.67 Å². The highest BCUT2D eigenvalue weighted by Gasteiger charge is 2.30. The molecule has 0 spiro atoms. The minimum absolute atomic E-state index is 0.219. The first-order chi connectivity index (χ1) is 15.6. The maximum Gasteiger partial charge on any atom is 0.416 e. The zero-order chi connectivity index (χ0) is 23.8. The van der Waals surface area contributed by atoms with Crippen LogP contribution in [0.5, 0.6) is 0 Å². The molecule has 4 aromatic rings. The van der Waals surface area contributed by atoms with Crippen LogP contribution in [0, 0.1) is 20.8 Å². The van der Waals surface area contributed by atoms with E-state index in [4.69, 9.17) is 0 Å². The zero-order valence-corrected chi connectivity index (χ0v) is 19.0. The van der Waals surface area contributed by atoms with Gasteiger partial charge in [-0.2, -0.15) is 18.3 Å². The Labute approximate surface area is 192 Å². The summed E-state index contributed by atoms with van der Waals surface area (Å²) in [6.45, 7) is 6.16. The fourth-order valence-corrected chi connectivity index (χ4v) is 4.34. The van der Waals surface area contributed by atoms with Gasteiger partial charge in [0.25, 0.3) is 5.91 Å². The first-order valence-electron chi connectivity index (χ1n) is 10.2. The minimum atomic E-state index is -4.39. The van der Waals surface area contributed by atoms with Crippen LogP contribution in [0.2, 0.25) is 0 Å². The molecule has 1 N–H and O–H groups in total. The number of aryl methyl sites for hydroxylation is 2. The van der Waals surface area contributed by atoms with Crippen LogP contribution >= 0.6 is 11.3 Å². The summed E-state index contributed by atoms with van der Waals surface area (Å²) in [6, 6.07) is 12.7. The number of hydrogen-bond donors (Lipinski definition) is 1. The van der Waals surface area contributed by atoms with Crippen LogP contribution in [0.25, 0.3) is 16.3 Å². The van der Waals surface area contributed by atoms with Gasteiger partial charge in [0.2, 0.25) is 0 Å². The lowest BCUT2D eigenvalue weighted by Crippen LogP contribution is -2.23. The monoisotopic (exact) mass is 470 g/mol. The van der Waals surface area contributed by atoms with Crippen LogP contribution in [-0.4, -0.2) is 20.7 Å². The number of carbonyl (C=O) groups is 1. The van der Waals surface area contributed by atoms with Crippen molar-refractivity contribution in [1.82, 2.24) is 20.1 Å². The van der Waals surface area contributed by atoms with Gasteiger partial charge < -0.3 is 5.32 Å². The van der Waals surface area contributed by atoms with Crippen molar-refractivity contribution < 1.29 is 18.0 Å². The molecule has 9 heteroatoms. The van der Waals surface area contributed by atoms with E-state index in [0.717, 1.165) is 40.3 Å². The summed E-state index contributed by atoms with van der Waals surface area (Å²) < 4.78 is 40.2. The number of benzene rings is 2. The van der Waals surface area contributed by atoms with Crippen LogP contribution in [0.15, 0.2) is 53.9 Å². The number of amides is 1. The topological polar surface area (TPSA) is 59.8 Å². The van der Waals surface area contributed by atoms with Crippen LogP contribution in [-0.2, 0) is 12.7 Å². The number of halogens is 3. The molecule has 0 saturated carbocycles. The van der Waals surface area contributed by atoms with Crippen molar-refractivity contribution in [3.05, 3.63) is 87.7 Å². The predicted molar refractivity (Wildman–Crippen MR) is 121 cm³/mol. The van der Waals surface area contributed by atoms with Crippen molar-refractivity contribution in [2.75, 3.05) is 0 Å². The summed E-state index contributed by atoms with van der Waals surface area (Å²) in [5, 5.41) is 9.58. The third kappa shape index (κ3) is 4.68. The third-order valence-electron chi connectivity index (χ3n) is 5.41. The van der Waals surface area contributed by atoms with Gasteiger partial charge in [-0.05, 0) is 44.5 Å². The maximum atomic E-state index is 12.8. The van der Waals surface area contributed by atoms with E-state index >= 15 is 0 Å². The van der Waals surface area contributed by atoms with Crippen LogP contribution in [0.4, 0.5) is 13.2 Å². The number of hydrogen-bond acceptors (Lipinski definition) is 4. The number of alkyl halides is 3. The molecule has 0 aliphatic rings. The van der Waals surface area contributed by atoms with E-state index in [0.29, 0.717) is 10.6 Å². The summed E-state index contributed by atoms with van der Waals surface area (Å²) in [4.78, 5) is 17.0. The second kappa shape index (κ2) is 8.82. The van der Waals surface area contributed by atoms with E-state index in [2.05, 4.69) is 15.4 Å². The molecule has 1 amide bonds. The Morgan fingerprint density at radius 3 is 2.42 bits per heavy atom. The number of thiazole rings is 1. The summed E-state index contributed by atoms with van der Waals surface area (Å²) in [5.74, 6) is -0.355. The maximum absolute atomic E-state index is 12.8. The molecule has 2 aromatic carbocycles. The van der Waals surface area contributed by atoms with Gasteiger partial charge in [0.05, 0.1) is 16.9 Å². The Hall–Kier alpha value is -3.46. The first-order valence-corrected chi connectivity index (χ1v) is 11.1. The number of carbonyl (C=O) groups excluding carboxylic acids is 1. The quantitative estimate of drug-likeness (QED) is 0.397. The second-order valence-electron chi connectivity index (χ2n) is 7.64. The molecule has 2 aromatic heterocycles. The lowest BCUT2D eigenvalue weighted by molar-refractivity contribution is -0.137. The van der Waals surface area contributed by atoms with Crippen molar-refractivity contribution in [2.45, 2.75) is 33.5 Å². The largest absolute Gasteiger partial charge is 0.416 e. The molecule has 4 rings (SSSR count). The second-order valence-corrected chi connectivity index (χ2v) is 8.50. The van der Waals surface area contributed by atoms with Crippen molar-refractivity contribution in [1.29, 1.82) is 0 Å². The van der Waals surface area contributed by atoms with Crippen molar-refractivity contribution >= 4 is 17.2 Å². The minimum Gasteiger partial charge on any atom is -0.346 e. The molecule has 0 atom stereocenters. The third-order valence-corrected chi connectivity index (χ3v) is 6.30. The summed E-state index contributed by atoms with van der Waals surface area (Å²) >= 11 is 1.21. The molecular weight excluding hydrogens is 449 g/mol. The SMILES string of the molecule is Cc1ccccc1-n1nc(C)c(CNC(=O)c2csc(-c3ccc(C(F)(F)F)cc3)n2)c1C. The Bertz CT molecular complexity index is 1310. The Morgan fingerprint density at radius 2 is 1.76 bits per heavy atom. The molecule has 0 saturated heterocycles. The fraction of sp³-hybridized carbons (Fsp3) is 0.208. The Morgan fingerprint density at radius 1 is 1.06 bits per heavy atom. The highest BCUT2D eigenvalue weighted by Crippen LogP contribution is 2.31. The molecule has 0 aliphatic heterocycles. The highest BCUT2D eigenvalue weighted by molar-refractivity contribution is 7.13. The smallest absolute Gasteiger partial charge is 0.346 e. The van der Waals surface area contributed by atoms with Gasteiger partial charge in [0.15, 0.2) is 0 Å². The average molecular weight is 471 g/mol. The van der Waals surface area contributed by atoms with Gasteiger partial charge in [-0.1, -0.05) is 30.3 Å². The number of aromatic nitrogens is 3. The van der Waals surface area contributed by atoms with Crippen LogP contribution < -0.4 is 5.32 Å². The average Bonchev–Trinajstić information content (AvgIpc) is 3.37. The Balaban J connectivity index is 1.47. The number of nitrogens with one attached hydrogen (secondary N) is 1. The summed E-state index contributed by atoms with van der Waals surface area (Å²) in [7, 11) is 0. The van der Waals surface area contributed by atoms with Gasteiger partial charge >= 0.3 is 6.18 Å². The number of para-hydroxylation sites is 1. The van der Waals surface area contributed by atoms with Crippen molar-refractivity contribution in [3.63, 3.8) is 0 Å². The molecule has 0 fully saturated rings. The van der Waals surface area contributed by atoms with E-state index in [9.17, 15) is 18.0 Å². The molecule has 0 bridgehead atoms. The predicted octanol–water partition coefficient (Wildman–Crippen LogP) is 5.87. The number of nitrogens with zero attached hydrogens (tertiary/aromatic N) is 3. The normalized spacial score (nSPS) is 11.6. The first kappa shape index (κ1) is 22.7. The van der Waals surface area contributed by atoms with Crippen molar-refractivity contribution in [2.24, 2.45) is 0 Å². The summed E-state index contributed by atoms with van der Waals surface area (Å²) in [5.41, 5.74) is 4.77. The van der Waals surface area contributed by atoms with E-state index in [-0.39, 0.29) is 18.1 Å². The van der Waals surface area contributed by atoms with E-state index in [1.54, 1.807) is 5.38 Å². The molecule has 5 nitrogen and oxygen atoms in total. The number of rotatable bonds is 5. The molecule has 0 aliphatic carbocycles. The van der Waals surface area contributed by atoms with Gasteiger partial charge in [0, 0.05) is 28.7 Å². The van der Waals surface area contributed by atoms with E-state index < -0.39 is 11.7 Å². The molecular formula is C24H21F3N4OS. The summed E-state index contributed by atoms with van der Waals surface area (Å²) in [6.07, 6.45) is -4.39. The fourth-order valence-electron chi connectivity index (χ4n) is 3.54. The van der Waals surface area contributed by atoms with Gasteiger partial charge in [-0.3, -0.25) is 4.79 Å². The van der Waals surface area contributed by atoms with Gasteiger partial charge in [0.1, 0.15) is 10.7 Å².